The zero-order chi connectivity index (χ0) is 20.8. The van der Waals surface area contributed by atoms with Crippen LogP contribution in [0.4, 0.5) is 8.78 Å². The number of benzene rings is 1. The third kappa shape index (κ3) is 5.92. The molecule has 0 unspecified atom stereocenters. The topological polar surface area (TPSA) is 41.6 Å². The Morgan fingerprint density at radius 1 is 1.24 bits per heavy atom. The molecular formula is C22H32F2N2O2S. The Morgan fingerprint density at radius 2 is 2.00 bits per heavy atom. The molecule has 2 atom stereocenters. The summed E-state index contributed by atoms with van der Waals surface area (Å²) in [6, 6.07) is 4.19. The van der Waals surface area contributed by atoms with Crippen LogP contribution in [0.15, 0.2) is 18.2 Å². The molecule has 2 aliphatic rings. The quantitative estimate of drug-likeness (QED) is 0.660. The Kier molecular flexibility index (Phi) is 8.33. The Morgan fingerprint density at radius 3 is 2.66 bits per heavy atom. The molecule has 3 rings (SSSR count). The molecule has 7 heteroatoms. The minimum Gasteiger partial charge on any atom is -0.376 e. The lowest BCUT2D eigenvalue weighted by Crippen LogP contribution is -2.57. The number of piperidine rings is 1. The molecule has 1 amide bonds. The van der Waals surface area contributed by atoms with E-state index in [1.54, 1.807) is 24.8 Å². The summed E-state index contributed by atoms with van der Waals surface area (Å²) in [5, 5.41) is 3.55. The molecule has 29 heavy (non-hydrogen) atoms. The number of hydrogen-bond acceptors (Lipinski definition) is 4. The van der Waals surface area contributed by atoms with Crippen LogP contribution in [0.3, 0.4) is 0 Å². The van der Waals surface area contributed by atoms with Gasteiger partial charge < -0.3 is 15.0 Å². The molecule has 1 aliphatic heterocycles. The van der Waals surface area contributed by atoms with Gasteiger partial charge in [0, 0.05) is 31.5 Å². The first-order chi connectivity index (χ1) is 14.0. The highest BCUT2D eigenvalue weighted by Gasteiger charge is 2.34. The van der Waals surface area contributed by atoms with E-state index in [1.165, 1.54) is 6.07 Å². The van der Waals surface area contributed by atoms with Gasteiger partial charge in [-0.1, -0.05) is 6.07 Å². The third-order valence-corrected chi connectivity index (χ3v) is 6.71. The highest BCUT2D eigenvalue weighted by molar-refractivity contribution is 7.98. The fourth-order valence-electron chi connectivity index (χ4n) is 4.69. The molecule has 0 bridgehead atoms. The van der Waals surface area contributed by atoms with Gasteiger partial charge in [-0.3, -0.25) is 4.79 Å². The van der Waals surface area contributed by atoms with Gasteiger partial charge in [-0.25, -0.2) is 8.78 Å². The molecule has 0 aromatic heterocycles. The van der Waals surface area contributed by atoms with Crippen LogP contribution in [0.2, 0.25) is 0 Å². The van der Waals surface area contributed by atoms with Crippen molar-refractivity contribution in [3.63, 3.8) is 0 Å². The first-order valence-electron chi connectivity index (χ1n) is 10.6. The largest absolute Gasteiger partial charge is 0.376 e. The first-order valence-corrected chi connectivity index (χ1v) is 11.9. The smallest absolute Gasteiger partial charge is 0.219 e. The number of thioether (sulfide) groups is 1. The molecule has 0 radical (unpaired) electrons. The van der Waals surface area contributed by atoms with Gasteiger partial charge in [0.15, 0.2) is 0 Å². The number of amides is 1. The monoisotopic (exact) mass is 426 g/mol. The highest BCUT2D eigenvalue weighted by Crippen LogP contribution is 2.35. The lowest BCUT2D eigenvalue weighted by Gasteiger charge is -2.42. The zero-order valence-corrected chi connectivity index (χ0v) is 18.1. The second-order valence-electron chi connectivity index (χ2n) is 8.14. The van der Waals surface area contributed by atoms with Crippen LogP contribution >= 0.6 is 11.8 Å². The van der Waals surface area contributed by atoms with Gasteiger partial charge in [-0.05, 0) is 62.3 Å². The van der Waals surface area contributed by atoms with Crippen molar-refractivity contribution in [2.75, 3.05) is 25.3 Å². The summed E-state index contributed by atoms with van der Waals surface area (Å²) in [5.41, 5.74) is 0.612. The number of hydrogen-bond donors (Lipinski definition) is 1. The van der Waals surface area contributed by atoms with Crippen LogP contribution < -0.4 is 5.32 Å². The fourth-order valence-corrected chi connectivity index (χ4v) is 5.07. The van der Waals surface area contributed by atoms with Gasteiger partial charge >= 0.3 is 0 Å². The minimum atomic E-state index is -0.532. The summed E-state index contributed by atoms with van der Waals surface area (Å²) in [6.07, 6.45) is 7.64. The molecule has 1 saturated carbocycles. The Hall–Kier alpha value is -1.18. The molecular weight excluding hydrogens is 394 g/mol. The van der Waals surface area contributed by atoms with Crippen molar-refractivity contribution < 1.29 is 18.3 Å². The van der Waals surface area contributed by atoms with Crippen LogP contribution in [0, 0.1) is 11.6 Å². The maximum Gasteiger partial charge on any atom is 0.219 e. The van der Waals surface area contributed by atoms with Crippen molar-refractivity contribution in [3.05, 3.63) is 35.4 Å². The van der Waals surface area contributed by atoms with E-state index >= 15 is 0 Å². The number of carbonyl (C=O) groups excluding carboxylic acids is 1. The summed E-state index contributed by atoms with van der Waals surface area (Å²) in [7, 11) is 0. The van der Waals surface area contributed by atoms with Crippen molar-refractivity contribution in [2.45, 2.75) is 69.6 Å². The lowest BCUT2D eigenvalue weighted by atomic mass is 9.82. The average Bonchev–Trinajstić information content (AvgIpc) is 2.71. The summed E-state index contributed by atoms with van der Waals surface area (Å²) >= 11 is 1.74. The summed E-state index contributed by atoms with van der Waals surface area (Å²) in [4.78, 5) is 14.1. The van der Waals surface area contributed by atoms with E-state index in [-0.39, 0.29) is 30.0 Å². The second-order valence-corrected chi connectivity index (χ2v) is 9.00. The predicted molar refractivity (Wildman–Crippen MR) is 113 cm³/mol. The third-order valence-electron chi connectivity index (χ3n) is 6.25. The SMILES string of the molecule is CSCN[C@H]1CCCN(C(C)=O)[C@H]1CO[C@H]1CC[C@@H](c2ccc(F)cc2F)CC1. The molecule has 1 heterocycles. The standard InChI is InChI=1S/C22H32F2N2O2S/c1-15(27)26-11-3-4-21(25-14-29-2)22(26)13-28-18-8-5-16(6-9-18)19-10-7-17(23)12-20(19)24/h7,10,12,16,18,21-22,25H,3-6,8-9,11,13-14H2,1-2H3/t16-,18+,21-,22-/m0/s1. The van der Waals surface area contributed by atoms with Gasteiger partial charge in [0.25, 0.3) is 0 Å². The minimum absolute atomic E-state index is 0.0562. The summed E-state index contributed by atoms with van der Waals surface area (Å²) in [5.74, 6) is 0.104. The van der Waals surface area contributed by atoms with Crippen LogP contribution in [-0.2, 0) is 9.53 Å². The summed E-state index contributed by atoms with van der Waals surface area (Å²) < 4.78 is 33.5. The molecule has 2 fully saturated rings. The number of carbonyl (C=O) groups is 1. The van der Waals surface area contributed by atoms with Gasteiger partial charge in [0.1, 0.15) is 11.6 Å². The molecule has 1 aromatic rings. The van der Waals surface area contributed by atoms with E-state index in [9.17, 15) is 13.6 Å². The van der Waals surface area contributed by atoms with Crippen molar-refractivity contribution in [1.82, 2.24) is 10.2 Å². The fraction of sp³-hybridized carbons (Fsp3) is 0.682. The predicted octanol–water partition coefficient (Wildman–Crippen LogP) is 4.30. The van der Waals surface area contributed by atoms with Crippen molar-refractivity contribution in [1.29, 1.82) is 0 Å². The molecule has 1 aliphatic carbocycles. The van der Waals surface area contributed by atoms with E-state index in [4.69, 9.17) is 4.74 Å². The van der Waals surface area contributed by atoms with Gasteiger partial charge in [-0.15, -0.1) is 11.8 Å². The molecule has 162 valence electrons. The van der Waals surface area contributed by atoms with E-state index in [1.807, 2.05) is 4.90 Å². The number of rotatable bonds is 7. The molecule has 0 spiro atoms. The van der Waals surface area contributed by atoms with Crippen LogP contribution in [0.25, 0.3) is 0 Å². The second kappa shape index (κ2) is 10.7. The van der Waals surface area contributed by atoms with E-state index in [2.05, 4.69) is 11.6 Å². The van der Waals surface area contributed by atoms with E-state index < -0.39 is 11.6 Å². The molecule has 1 N–H and O–H groups in total. The van der Waals surface area contributed by atoms with Crippen molar-refractivity contribution in [2.24, 2.45) is 0 Å². The van der Waals surface area contributed by atoms with Gasteiger partial charge in [0.05, 0.1) is 18.8 Å². The number of nitrogens with zero attached hydrogens (tertiary/aromatic N) is 1. The molecule has 1 saturated heterocycles. The van der Waals surface area contributed by atoms with Crippen LogP contribution in [-0.4, -0.2) is 54.3 Å². The molecule has 4 nitrogen and oxygen atoms in total. The van der Waals surface area contributed by atoms with Gasteiger partial charge in [0.2, 0.25) is 5.91 Å². The highest BCUT2D eigenvalue weighted by atomic mass is 32.2. The number of halogens is 2. The van der Waals surface area contributed by atoms with Crippen LogP contribution in [0.5, 0.6) is 0 Å². The number of likely N-dealkylation sites (tertiary alicyclic amines) is 1. The average molecular weight is 427 g/mol. The first kappa shape index (κ1) is 22.5. The maximum absolute atomic E-state index is 14.1. The zero-order valence-electron chi connectivity index (χ0n) is 17.3. The van der Waals surface area contributed by atoms with Crippen molar-refractivity contribution >= 4 is 17.7 Å². The molecule has 1 aromatic carbocycles. The lowest BCUT2D eigenvalue weighted by molar-refractivity contribution is -0.136. The number of nitrogens with one attached hydrogen (secondary N) is 1. The van der Waals surface area contributed by atoms with E-state index in [0.717, 1.165) is 57.0 Å². The van der Waals surface area contributed by atoms with Gasteiger partial charge in [-0.2, -0.15) is 0 Å². The Balaban J connectivity index is 1.54. The Labute approximate surface area is 176 Å². The Bertz CT molecular complexity index is 683. The van der Waals surface area contributed by atoms with E-state index in [0.29, 0.717) is 12.2 Å². The van der Waals surface area contributed by atoms with Crippen LogP contribution in [0.1, 0.15) is 56.9 Å². The number of ether oxygens (including phenoxy) is 1. The maximum atomic E-state index is 14.1. The normalized spacial score (nSPS) is 27.8. The van der Waals surface area contributed by atoms with Crippen molar-refractivity contribution in [3.8, 4) is 0 Å². The summed E-state index contributed by atoms with van der Waals surface area (Å²) in [6.45, 7) is 2.95.